The van der Waals surface area contributed by atoms with Gasteiger partial charge in [-0.05, 0) is 36.4 Å². The van der Waals surface area contributed by atoms with E-state index in [1.54, 1.807) is 30.5 Å². The second kappa shape index (κ2) is 5.00. The van der Waals surface area contributed by atoms with E-state index in [4.69, 9.17) is 20.8 Å². The molecule has 6 heteroatoms. The molecule has 0 bridgehead atoms. The Kier molecular flexibility index (Phi) is 3.29. The largest absolute Gasteiger partial charge is 0.464 e. The van der Waals surface area contributed by atoms with Gasteiger partial charge < -0.3 is 9.15 Å². The Labute approximate surface area is 122 Å². The predicted octanol–water partition coefficient (Wildman–Crippen LogP) is 5.90. The lowest BCUT2D eigenvalue weighted by atomic mass is 10.2. The third-order valence-corrected chi connectivity index (χ3v) is 3.21. The number of ether oxygens (including phenoxy) is 1. The van der Waals surface area contributed by atoms with E-state index in [0.29, 0.717) is 11.3 Å². The lowest BCUT2D eigenvalue weighted by Crippen LogP contribution is -2.04. The van der Waals surface area contributed by atoms with Gasteiger partial charge in [0, 0.05) is 11.5 Å². The van der Waals surface area contributed by atoms with E-state index >= 15 is 0 Å². The average Bonchev–Trinajstić information content (AvgIpc) is 2.87. The topological polar surface area (TPSA) is 22.4 Å². The van der Waals surface area contributed by atoms with Crippen LogP contribution >= 0.6 is 11.6 Å². The van der Waals surface area contributed by atoms with Gasteiger partial charge in [0.1, 0.15) is 17.1 Å². The number of rotatable bonds is 2. The molecule has 0 spiro atoms. The number of halogens is 4. The Morgan fingerprint density at radius 3 is 2.52 bits per heavy atom. The Morgan fingerprint density at radius 2 is 1.81 bits per heavy atom. The molecular weight excluding hydrogens is 305 g/mol. The van der Waals surface area contributed by atoms with Crippen molar-refractivity contribution in [2.75, 3.05) is 0 Å². The van der Waals surface area contributed by atoms with E-state index in [-0.39, 0.29) is 10.8 Å². The molecule has 1 aromatic heterocycles. The van der Waals surface area contributed by atoms with Crippen molar-refractivity contribution in [2.24, 2.45) is 0 Å². The number of hydrogen-bond acceptors (Lipinski definition) is 2. The van der Waals surface area contributed by atoms with Crippen molar-refractivity contribution in [1.82, 2.24) is 0 Å². The molecule has 0 amide bonds. The Hall–Kier alpha value is -2.14. The van der Waals surface area contributed by atoms with Crippen LogP contribution in [0.4, 0.5) is 13.2 Å². The SMILES string of the molecule is FC(F)(F)c1ccc(Oc2ccc3ccoc3c2)c(Cl)c1. The molecule has 108 valence electrons. The molecule has 21 heavy (non-hydrogen) atoms. The van der Waals surface area contributed by atoms with Crippen LogP contribution in [0.3, 0.4) is 0 Å². The molecule has 0 atom stereocenters. The maximum Gasteiger partial charge on any atom is 0.416 e. The molecule has 0 aliphatic rings. The lowest BCUT2D eigenvalue weighted by molar-refractivity contribution is -0.137. The molecule has 0 fully saturated rings. The van der Waals surface area contributed by atoms with Crippen LogP contribution in [0.2, 0.25) is 5.02 Å². The number of benzene rings is 2. The molecule has 3 aromatic rings. The van der Waals surface area contributed by atoms with Crippen LogP contribution in [0.1, 0.15) is 5.56 Å². The van der Waals surface area contributed by atoms with Crippen molar-refractivity contribution >= 4 is 22.6 Å². The molecule has 2 aromatic carbocycles. The van der Waals surface area contributed by atoms with Crippen molar-refractivity contribution < 1.29 is 22.3 Å². The molecule has 0 aliphatic heterocycles. The minimum absolute atomic E-state index is 0.107. The van der Waals surface area contributed by atoms with Crippen LogP contribution in [-0.2, 0) is 6.18 Å². The van der Waals surface area contributed by atoms with Gasteiger partial charge in [0.2, 0.25) is 0 Å². The molecule has 3 rings (SSSR count). The summed E-state index contributed by atoms with van der Waals surface area (Å²) in [7, 11) is 0. The van der Waals surface area contributed by atoms with Crippen LogP contribution in [0, 0.1) is 0 Å². The summed E-state index contributed by atoms with van der Waals surface area (Å²) >= 11 is 5.83. The van der Waals surface area contributed by atoms with E-state index in [1.165, 1.54) is 6.07 Å². The summed E-state index contributed by atoms with van der Waals surface area (Å²) < 4.78 is 48.4. The first kappa shape index (κ1) is 13.8. The van der Waals surface area contributed by atoms with Gasteiger partial charge in [-0.25, -0.2) is 0 Å². The second-order valence-corrected chi connectivity index (χ2v) is 4.77. The first-order valence-corrected chi connectivity index (χ1v) is 6.33. The van der Waals surface area contributed by atoms with Crippen molar-refractivity contribution in [3.05, 3.63) is 59.3 Å². The number of fused-ring (bicyclic) bond motifs is 1. The van der Waals surface area contributed by atoms with E-state index in [1.807, 2.05) is 0 Å². The molecule has 0 unspecified atom stereocenters. The highest BCUT2D eigenvalue weighted by atomic mass is 35.5. The summed E-state index contributed by atoms with van der Waals surface area (Å²) in [6.45, 7) is 0. The van der Waals surface area contributed by atoms with Crippen LogP contribution < -0.4 is 4.74 Å². The van der Waals surface area contributed by atoms with E-state index in [2.05, 4.69) is 0 Å². The Balaban J connectivity index is 1.90. The second-order valence-electron chi connectivity index (χ2n) is 4.37. The van der Waals surface area contributed by atoms with E-state index in [0.717, 1.165) is 17.5 Å². The van der Waals surface area contributed by atoms with Gasteiger partial charge in [-0.15, -0.1) is 0 Å². The number of hydrogen-bond donors (Lipinski definition) is 0. The first-order chi connectivity index (χ1) is 9.93. The Bertz CT molecular complexity index is 793. The molecule has 0 saturated carbocycles. The third-order valence-electron chi connectivity index (χ3n) is 2.91. The summed E-state index contributed by atoms with van der Waals surface area (Å²) in [6.07, 6.45) is -2.89. The van der Waals surface area contributed by atoms with Gasteiger partial charge in [-0.1, -0.05) is 11.6 Å². The number of alkyl halides is 3. The van der Waals surface area contributed by atoms with Gasteiger partial charge in [-0.2, -0.15) is 13.2 Å². The normalized spacial score (nSPS) is 11.8. The molecule has 0 N–H and O–H groups in total. The smallest absolute Gasteiger partial charge is 0.416 e. The van der Waals surface area contributed by atoms with Crippen LogP contribution in [-0.4, -0.2) is 0 Å². The van der Waals surface area contributed by atoms with Gasteiger partial charge in [0.05, 0.1) is 16.8 Å². The summed E-state index contributed by atoms with van der Waals surface area (Å²) in [5, 5.41) is 0.797. The predicted molar refractivity (Wildman–Crippen MR) is 72.7 cm³/mol. The van der Waals surface area contributed by atoms with Gasteiger partial charge >= 0.3 is 6.18 Å². The zero-order chi connectivity index (χ0) is 15.0. The zero-order valence-corrected chi connectivity index (χ0v) is 11.2. The fraction of sp³-hybridized carbons (Fsp3) is 0.0667. The standard InChI is InChI=1S/C15H8ClF3O2/c16-12-7-10(15(17,18)19)2-4-13(12)21-11-3-1-9-5-6-20-14(9)8-11/h1-8H. The molecule has 0 radical (unpaired) electrons. The molecule has 1 heterocycles. The highest BCUT2D eigenvalue weighted by Gasteiger charge is 2.31. The molecule has 2 nitrogen and oxygen atoms in total. The first-order valence-electron chi connectivity index (χ1n) is 5.95. The quantitative estimate of drug-likeness (QED) is 0.588. The van der Waals surface area contributed by atoms with Crippen molar-refractivity contribution in [2.45, 2.75) is 6.18 Å². The van der Waals surface area contributed by atoms with Gasteiger partial charge in [0.15, 0.2) is 0 Å². The number of furan rings is 1. The highest BCUT2D eigenvalue weighted by molar-refractivity contribution is 6.32. The minimum atomic E-state index is -4.44. The van der Waals surface area contributed by atoms with E-state index < -0.39 is 11.7 Å². The Morgan fingerprint density at radius 1 is 1.00 bits per heavy atom. The van der Waals surface area contributed by atoms with Crippen LogP contribution in [0.5, 0.6) is 11.5 Å². The third kappa shape index (κ3) is 2.83. The molecule has 0 saturated heterocycles. The summed E-state index contributed by atoms with van der Waals surface area (Å²) in [6, 6.07) is 9.86. The minimum Gasteiger partial charge on any atom is -0.464 e. The highest BCUT2D eigenvalue weighted by Crippen LogP contribution is 2.36. The zero-order valence-electron chi connectivity index (χ0n) is 10.4. The van der Waals surface area contributed by atoms with Crippen molar-refractivity contribution in [1.29, 1.82) is 0 Å². The molecular formula is C15H8ClF3O2. The monoisotopic (exact) mass is 312 g/mol. The lowest BCUT2D eigenvalue weighted by Gasteiger charge is -2.11. The maximum absolute atomic E-state index is 12.6. The molecule has 0 aliphatic carbocycles. The fourth-order valence-electron chi connectivity index (χ4n) is 1.89. The average molecular weight is 313 g/mol. The van der Waals surface area contributed by atoms with Gasteiger partial charge in [0.25, 0.3) is 0 Å². The summed E-state index contributed by atoms with van der Waals surface area (Å²) in [4.78, 5) is 0. The maximum atomic E-state index is 12.6. The van der Waals surface area contributed by atoms with Crippen molar-refractivity contribution in [3.8, 4) is 11.5 Å². The summed E-state index contributed by atoms with van der Waals surface area (Å²) in [5.41, 5.74) is -0.197. The van der Waals surface area contributed by atoms with Crippen molar-refractivity contribution in [3.63, 3.8) is 0 Å². The summed E-state index contributed by atoms with van der Waals surface area (Å²) in [5.74, 6) is 0.578. The van der Waals surface area contributed by atoms with E-state index in [9.17, 15) is 13.2 Å². The fourth-order valence-corrected chi connectivity index (χ4v) is 2.10. The van der Waals surface area contributed by atoms with Crippen LogP contribution in [0.25, 0.3) is 11.0 Å². The van der Waals surface area contributed by atoms with Gasteiger partial charge in [-0.3, -0.25) is 0 Å². The van der Waals surface area contributed by atoms with Crippen LogP contribution in [0.15, 0.2) is 53.1 Å².